The largest absolute Gasteiger partial charge is 0.272 e. The smallest absolute Gasteiger partial charge is 0.257 e. The van der Waals surface area contributed by atoms with Crippen LogP contribution >= 0.6 is 0 Å². The molecule has 1 spiro atoms. The number of benzene rings is 1. The minimum atomic E-state index is -0.746. The Balaban J connectivity index is 1.89. The summed E-state index contributed by atoms with van der Waals surface area (Å²) in [6.07, 6.45) is 4.26. The van der Waals surface area contributed by atoms with Crippen molar-refractivity contribution >= 4 is 11.8 Å². The highest BCUT2D eigenvalue weighted by Gasteiger charge is 2.58. The molecular weight excluding hydrogens is 264 g/mol. The van der Waals surface area contributed by atoms with Gasteiger partial charge in [0.1, 0.15) is 5.41 Å². The van der Waals surface area contributed by atoms with Crippen LogP contribution in [0.5, 0.6) is 0 Å². The highest BCUT2D eigenvalue weighted by Crippen LogP contribution is 2.46. The van der Waals surface area contributed by atoms with Gasteiger partial charge in [-0.25, -0.2) is 5.01 Å². The molecule has 1 aliphatic heterocycles. The lowest BCUT2D eigenvalue weighted by atomic mass is 9.85. The Hall–Kier alpha value is -1.84. The third kappa shape index (κ3) is 2.23. The number of carbonyl (C=O) groups excluding carboxylic acids is 2. The van der Waals surface area contributed by atoms with Crippen molar-refractivity contribution < 1.29 is 9.59 Å². The Morgan fingerprint density at radius 2 is 1.62 bits per heavy atom. The zero-order valence-corrected chi connectivity index (χ0v) is 12.5. The molecule has 0 unspecified atom stereocenters. The predicted molar refractivity (Wildman–Crippen MR) is 79.9 cm³/mol. The molecule has 3 rings (SSSR count). The van der Waals surface area contributed by atoms with Crippen molar-refractivity contribution in [1.82, 2.24) is 10.0 Å². The van der Waals surface area contributed by atoms with Gasteiger partial charge in [0, 0.05) is 6.54 Å². The zero-order valence-electron chi connectivity index (χ0n) is 12.5. The van der Waals surface area contributed by atoms with Crippen molar-refractivity contribution in [3.8, 4) is 0 Å². The molecule has 1 aromatic carbocycles. The number of hydrogen-bond donors (Lipinski definition) is 0. The molecule has 2 aliphatic rings. The Morgan fingerprint density at radius 3 is 2.24 bits per heavy atom. The Labute approximate surface area is 125 Å². The van der Waals surface area contributed by atoms with E-state index >= 15 is 0 Å². The maximum Gasteiger partial charge on any atom is 0.257 e. The highest BCUT2D eigenvalue weighted by molar-refractivity contribution is 6.09. The molecule has 1 saturated heterocycles. The fourth-order valence-corrected chi connectivity index (χ4v) is 3.56. The summed E-state index contributed by atoms with van der Waals surface area (Å²) < 4.78 is 0. The molecule has 0 aromatic heterocycles. The number of hydrazine groups is 1. The van der Waals surface area contributed by atoms with Gasteiger partial charge >= 0.3 is 0 Å². The van der Waals surface area contributed by atoms with Crippen LogP contribution in [-0.4, -0.2) is 28.4 Å². The van der Waals surface area contributed by atoms with Crippen LogP contribution in [0.3, 0.4) is 0 Å². The van der Waals surface area contributed by atoms with Gasteiger partial charge in [0.05, 0.1) is 6.54 Å². The number of hydrogen-bond acceptors (Lipinski definition) is 2. The molecule has 112 valence electrons. The molecule has 0 radical (unpaired) electrons. The minimum absolute atomic E-state index is 0.0160. The second-order valence-corrected chi connectivity index (χ2v) is 6.07. The second kappa shape index (κ2) is 5.51. The van der Waals surface area contributed by atoms with E-state index in [-0.39, 0.29) is 11.8 Å². The van der Waals surface area contributed by atoms with Crippen molar-refractivity contribution in [2.75, 3.05) is 6.54 Å². The molecule has 0 N–H and O–H groups in total. The monoisotopic (exact) mass is 286 g/mol. The molecule has 1 aliphatic carbocycles. The highest BCUT2D eigenvalue weighted by atomic mass is 16.2. The summed E-state index contributed by atoms with van der Waals surface area (Å²) in [5.74, 6) is 0.0464. The molecule has 1 saturated carbocycles. The van der Waals surface area contributed by atoms with Crippen molar-refractivity contribution in [1.29, 1.82) is 0 Å². The van der Waals surface area contributed by atoms with Crippen LogP contribution < -0.4 is 0 Å². The third-order valence-electron chi connectivity index (χ3n) is 4.65. The van der Waals surface area contributed by atoms with E-state index in [0.29, 0.717) is 13.1 Å². The van der Waals surface area contributed by atoms with E-state index in [0.717, 1.165) is 37.7 Å². The fraction of sp³-hybridized carbons (Fsp3) is 0.529. The van der Waals surface area contributed by atoms with E-state index in [1.807, 2.05) is 37.3 Å². The molecule has 4 nitrogen and oxygen atoms in total. The van der Waals surface area contributed by atoms with Crippen LogP contribution in [0, 0.1) is 5.41 Å². The third-order valence-corrected chi connectivity index (χ3v) is 4.65. The molecule has 2 fully saturated rings. The average molecular weight is 286 g/mol. The van der Waals surface area contributed by atoms with Gasteiger partial charge in [-0.1, -0.05) is 50.1 Å². The average Bonchev–Trinajstić information content (AvgIpc) is 3.06. The summed E-state index contributed by atoms with van der Waals surface area (Å²) in [4.78, 5) is 25.7. The quantitative estimate of drug-likeness (QED) is 0.799. The van der Waals surface area contributed by atoms with Crippen molar-refractivity contribution in [3.63, 3.8) is 0 Å². The fourth-order valence-electron chi connectivity index (χ4n) is 3.56. The number of amides is 2. The van der Waals surface area contributed by atoms with Crippen LogP contribution in [-0.2, 0) is 16.1 Å². The first-order valence-corrected chi connectivity index (χ1v) is 7.87. The predicted octanol–water partition coefficient (Wildman–Crippen LogP) is 2.74. The minimum Gasteiger partial charge on any atom is -0.272 e. The zero-order chi connectivity index (χ0) is 14.9. The molecular formula is C17H22N2O2. The van der Waals surface area contributed by atoms with E-state index in [1.165, 1.54) is 0 Å². The summed E-state index contributed by atoms with van der Waals surface area (Å²) in [5, 5.41) is 3.38. The van der Waals surface area contributed by atoms with Crippen LogP contribution in [0.4, 0.5) is 0 Å². The van der Waals surface area contributed by atoms with Gasteiger partial charge in [-0.15, -0.1) is 0 Å². The lowest BCUT2D eigenvalue weighted by Crippen LogP contribution is -2.40. The van der Waals surface area contributed by atoms with Gasteiger partial charge in [-0.2, -0.15) is 0 Å². The second-order valence-electron chi connectivity index (χ2n) is 6.07. The summed E-state index contributed by atoms with van der Waals surface area (Å²) in [5.41, 5.74) is 0.319. The molecule has 21 heavy (non-hydrogen) atoms. The Bertz CT molecular complexity index is 535. The normalized spacial score (nSPS) is 20.8. The first kappa shape index (κ1) is 14.1. The summed E-state index contributed by atoms with van der Waals surface area (Å²) in [7, 11) is 0. The van der Waals surface area contributed by atoms with Gasteiger partial charge in [0.2, 0.25) is 0 Å². The van der Waals surface area contributed by atoms with E-state index < -0.39 is 5.41 Å². The first-order chi connectivity index (χ1) is 10.2. The summed E-state index contributed by atoms with van der Waals surface area (Å²) in [6.45, 7) is 3.16. The van der Waals surface area contributed by atoms with E-state index in [2.05, 4.69) is 0 Å². The lowest BCUT2D eigenvalue weighted by molar-refractivity contribution is -0.148. The SMILES string of the molecule is CCCN1C(=O)C2(CCCC2)C(=O)N1Cc1ccccc1. The molecule has 0 atom stereocenters. The molecule has 2 amide bonds. The summed E-state index contributed by atoms with van der Waals surface area (Å²) >= 11 is 0. The van der Waals surface area contributed by atoms with E-state index in [1.54, 1.807) is 10.0 Å². The van der Waals surface area contributed by atoms with E-state index in [9.17, 15) is 9.59 Å². The van der Waals surface area contributed by atoms with Crippen LogP contribution in [0.25, 0.3) is 0 Å². The van der Waals surface area contributed by atoms with Gasteiger partial charge in [-0.05, 0) is 24.8 Å². The van der Waals surface area contributed by atoms with Crippen molar-refractivity contribution in [2.24, 2.45) is 5.41 Å². The molecule has 1 aromatic rings. The number of nitrogens with zero attached hydrogens (tertiary/aromatic N) is 2. The first-order valence-electron chi connectivity index (χ1n) is 7.87. The van der Waals surface area contributed by atoms with Gasteiger partial charge in [0.15, 0.2) is 0 Å². The molecule has 1 heterocycles. The van der Waals surface area contributed by atoms with Crippen LogP contribution in [0.2, 0.25) is 0 Å². The van der Waals surface area contributed by atoms with Gasteiger partial charge in [-0.3, -0.25) is 14.6 Å². The van der Waals surface area contributed by atoms with E-state index in [4.69, 9.17) is 0 Å². The maximum atomic E-state index is 12.9. The van der Waals surface area contributed by atoms with Crippen LogP contribution in [0.1, 0.15) is 44.6 Å². The van der Waals surface area contributed by atoms with Gasteiger partial charge < -0.3 is 0 Å². The number of rotatable bonds is 4. The van der Waals surface area contributed by atoms with Crippen molar-refractivity contribution in [3.05, 3.63) is 35.9 Å². The molecule has 0 bridgehead atoms. The Morgan fingerprint density at radius 1 is 1.00 bits per heavy atom. The molecule has 4 heteroatoms. The Kier molecular flexibility index (Phi) is 3.70. The van der Waals surface area contributed by atoms with Crippen LogP contribution in [0.15, 0.2) is 30.3 Å². The van der Waals surface area contributed by atoms with Gasteiger partial charge in [0.25, 0.3) is 11.8 Å². The maximum absolute atomic E-state index is 12.9. The lowest BCUT2D eigenvalue weighted by Gasteiger charge is -2.27. The van der Waals surface area contributed by atoms with Crippen molar-refractivity contribution in [2.45, 2.75) is 45.6 Å². The standard InChI is InChI=1S/C17H22N2O2/c1-2-12-18-15(20)17(10-6-7-11-17)16(21)19(18)13-14-8-4-3-5-9-14/h3-5,8-9H,2,6-7,10-13H2,1H3. The number of carbonyl (C=O) groups is 2. The summed E-state index contributed by atoms with van der Waals surface area (Å²) in [6, 6.07) is 9.90. The topological polar surface area (TPSA) is 40.6 Å².